The Morgan fingerprint density at radius 2 is 1.56 bits per heavy atom. The fourth-order valence-corrected chi connectivity index (χ4v) is 3.88. The normalized spacial score (nSPS) is 34.8. The molecule has 1 saturated carbocycles. The topological polar surface area (TPSA) is 15.3 Å². The Kier molecular flexibility index (Phi) is 5.50. The van der Waals surface area contributed by atoms with E-state index in [1.165, 1.54) is 58.0 Å². The standard InChI is InChI=1S/C16H32N2/c1-13(2)14-6-8-16(9-7-14)18(3)15-5-4-11-17-12-10-15/h13-17H,4-12H2,1-3H3. The SMILES string of the molecule is CC(C)C1CCC(N(C)C2CCCNCC2)CC1. The molecule has 1 unspecified atom stereocenters. The van der Waals surface area contributed by atoms with Crippen molar-refractivity contribution >= 4 is 0 Å². The van der Waals surface area contributed by atoms with E-state index < -0.39 is 0 Å². The van der Waals surface area contributed by atoms with Crippen molar-refractivity contribution < 1.29 is 0 Å². The zero-order valence-corrected chi connectivity index (χ0v) is 12.6. The van der Waals surface area contributed by atoms with Gasteiger partial charge in [-0.2, -0.15) is 0 Å². The second-order valence-electron chi connectivity index (χ2n) is 6.81. The average molecular weight is 252 g/mol. The predicted octanol–water partition coefficient (Wildman–Crippen LogP) is 3.28. The molecule has 2 heteroatoms. The lowest BCUT2D eigenvalue weighted by atomic mass is 9.79. The Balaban J connectivity index is 1.80. The average Bonchev–Trinajstić information content (AvgIpc) is 2.67. The molecule has 0 aromatic carbocycles. The monoisotopic (exact) mass is 252 g/mol. The second kappa shape index (κ2) is 6.91. The maximum atomic E-state index is 3.53. The van der Waals surface area contributed by atoms with E-state index in [0.29, 0.717) is 0 Å². The predicted molar refractivity (Wildman–Crippen MR) is 78.9 cm³/mol. The van der Waals surface area contributed by atoms with Gasteiger partial charge in [0.2, 0.25) is 0 Å². The highest BCUT2D eigenvalue weighted by atomic mass is 15.2. The zero-order valence-electron chi connectivity index (χ0n) is 12.6. The smallest absolute Gasteiger partial charge is 0.0108 e. The van der Waals surface area contributed by atoms with Gasteiger partial charge in [-0.3, -0.25) is 0 Å². The second-order valence-corrected chi connectivity index (χ2v) is 6.81. The number of nitrogens with zero attached hydrogens (tertiary/aromatic N) is 1. The third-order valence-corrected chi connectivity index (χ3v) is 5.38. The quantitative estimate of drug-likeness (QED) is 0.829. The largest absolute Gasteiger partial charge is 0.317 e. The third-order valence-electron chi connectivity index (χ3n) is 5.38. The summed E-state index contributed by atoms with van der Waals surface area (Å²) in [5.41, 5.74) is 0. The highest BCUT2D eigenvalue weighted by molar-refractivity contribution is 4.84. The molecule has 2 fully saturated rings. The minimum absolute atomic E-state index is 0.834. The third kappa shape index (κ3) is 3.71. The van der Waals surface area contributed by atoms with E-state index in [2.05, 4.69) is 31.1 Å². The summed E-state index contributed by atoms with van der Waals surface area (Å²) < 4.78 is 0. The van der Waals surface area contributed by atoms with Crippen molar-refractivity contribution in [1.29, 1.82) is 0 Å². The molecule has 106 valence electrons. The Bertz CT molecular complexity index is 223. The van der Waals surface area contributed by atoms with Crippen LogP contribution < -0.4 is 5.32 Å². The molecule has 0 spiro atoms. The minimum Gasteiger partial charge on any atom is -0.317 e. The molecule has 0 radical (unpaired) electrons. The molecule has 1 aliphatic carbocycles. The van der Waals surface area contributed by atoms with Gasteiger partial charge in [0.25, 0.3) is 0 Å². The summed E-state index contributed by atoms with van der Waals surface area (Å²) in [6.45, 7) is 7.23. The molecule has 0 bridgehead atoms. The lowest BCUT2D eigenvalue weighted by Gasteiger charge is -2.40. The molecule has 0 amide bonds. The van der Waals surface area contributed by atoms with Crippen LogP contribution in [0.4, 0.5) is 0 Å². The van der Waals surface area contributed by atoms with E-state index >= 15 is 0 Å². The molecule has 18 heavy (non-hydrogen) atoms. The van der Waals surface area contributed by atoms with Gasteiger partial charge in [-0.05, 0) is 76.9 Å². The summed E-state index contributed by atoms with van der Waals surface area (Å²) in [5.74, 6) is 1.88. The van der Waals surface area contributed by atoms with Crippen LogP contribution in [0.15, 0.2) is 0 Å². The Hall–Kier alpha value is -0.0800. The van der Waals surface area contributed by atoms with E-state index in [1.54, 1.807) is 0 Å². The van der Waals surface area contributed by atoms with Crippen LogP contribution in [0.25, 0.3) is 0 Å². The molecule has 1 aliphatic heterocycles. The highest BCUT2D eigenvalue weighted by Crippen LogP contribution is 2.33. The number of nitrogens with one attached hydrogen (secondary N) is 1. The van der Waals surface area contributed by atoms with Crippen molar-refractivity contribution in [2.75, 3.05) is 20.1 Å². The molecule has 0 aromatic heterocycles. The molecule has 1 saturated heterocycles. The van der Waals surface area contributed by atoms with Gasteiger partial charge in [-0.1, -0.05) is 13.8 Å². The van der Waals surface area contributed by atoms with Gasteiger partial charge in [0.15, 0.2) is 0 Å². The van der Waals surface area contributed by atoms with Crippen LogP contribution in [0, 0.1) is 11.8 Å². The van der Waals surface area contributed by atoms with Crippen LogP contribution in [-0.2, 0) is 0 Å². The number of hydrogen-bond donors (Lipinski definition) is 1. The van der Waals surface area contributed by atoms with Crippen LogP contribution in [0.2, 0.25) is 0 Å². The Morgan fingerprint density at radius 3 is 2.22 bits per heavy atom. The molecule has 2 aliphatic rings. The van der Waals surface area contributed by atoms with Gasteiger partial charge in [-0.15, -0.1) is 0 Å². The first-order chi connectivity index (χ1) is 8.68. The van der Waals surface area contributed by atoms with Crippen molar-refractivity contribution in [3.05, 3.63) is 0 Å². The summed E-state index contributed by atoms with van der Waals surface area (Å²) in [6.07, 6.45) is 9.88. The molecular weight excluding hydrogens is 220 g/mol. The van der Waals surface area contributed by atoms with E-state index in [1.807, 2.05) is 0 Å². The van der Waals surface area contributed by atoms with Gasteiger partial charge in [0, 0.05) is 12.1 Å². The van der Waals surface area contributed by atoms with Crippen molar-refractivity contribution in [3.8, 4) is 0 Å². The van der Waals surface area contributed by atoms with Crippen LogP contribution in [0.1, 0.15) is 58.8 Å². The van der Waals surface area contributed by atoms with Crippen LogP contribution in [0.5, 0.6) is 0 Å². The van der Waals surface area contributed by atoms with Gasteiger partial charge in [0.05, 0.1) is 0 Å². The number of rotatable bonds is 3. The molecular formula is C16H32N2. The summed E-state index contributed by atoms with van der Waals surface area (Å²) in [5, 5.41) is 3.53. The summed E-state index contributed by atoms with van der Waals surface area (Å²) in [6, 6.07) is 1.70. The first-order valence-corrected chi connectivity index (χ1v) is 8.11. The van der Waals surface area contributed by atoms with Crippen molar-refractivity contribution in [1.82, 2.24) is 10.2 Å². The summed E-state index contributed by atoms with van der Waals surface area (Å²) in [4.78, 5) is 2.73. The fourth-order valence-electron chi connectivity index (χ4n) is 3.88. The van der Waals surface area contributed by atoms with E-state index in [-0.39, 0.29) is 0 Å². The zero-order chi connectivity index (χ0) is 13.0. The molecule has 2 rings (SSSR count). The van der Waals surface area contributed by atoms with Crippen LogP contribution in [-0.4, -0.2) is 37.1 Å². The first-order valence-electron chi connectivity index (χ1n) is 8.11. The first kappa shape index (κ1) is 14.3. The molecule has 1 heterocycles. The molecule has 0 aromatic rings. The van der Waals surface area contributed by atoms with Gasteiger partial charge < -0.3 is 10.2 Å². The Morgan fingerprint density at radius 1 is 0.889 bits per heavy atom. The van der Waals surface area contributed by atoms with Crippen LogP contribution in [0.3, 0.4) is 0 Å². The molecule has 1 N–H and O–H groups in total. The lowest BCUT2D eigenvalue weighted by Crippen LogP contribution is -2.43. The summed E-state index contributed by atoms with van der Waals surface area (Å²) in [7, 11) is 2.39. The maximum absolute atomic E-state index is 3.53. The maximum Gasteiger partial charge on any atom is 0.0108 e. The van der Waals surface area contributed by atoms with E-state index in [0.717, 1.165) is 23.9 Å². The molecule has 1 atom stereocenters. The van der Waals surface area contributed by atoms with Crippen molar-refractivity contribution in [2.45, 2.75) is 70.9 Å². The molecule has 2 nitrogen and oxygen atoms in total. The van der Waals surface area contributed by atoms with Crippen molar-refractivity contribution in [3.63, 3.8) is 0 Å². The van der Waals surface area contributed by atoms with Gasteiger partial charge >= 0.3 is 0 Å². The van der Waals surface area contributed by atoms with E-state index in [4.69, 9.17) is 0 Å². The number of hydrogen-bond acceptors (Lipinski definition) is 2. The lowest BCUT2D eigenvalue weighted by molar-refractivity contribution is 0.102. The Labute approximate surface area is 114 Å². The van der Waals surface area contributed by atoms with Crippen LogP contribution >= 0.6 is 0 Å². The van der Waals surface area contributed by atoms with Gasteiger partial charge in [-0.25, -0.2) is 0 Å². The van der Waals surface area contributed by atoms with E-state index in [9.17, 15) is 0 Å². The van der Waals surface area contributed by atoms with Gasteiger partial charge in [0.1, 0.15) is 0 Å². The summed E-state index contributed by atoms with van der Waals surface area (Å²) >= 11 is 0. The minimum atomic E-state index is 0.834. The van der Waals surface area contributed by atoms with Crippen molar-refractivity contribution in [2.24, 2.45) is 11.8 Å². The highest BCUT2D eigenvalue weighted by Gasteiger charge is 2.29. The fraction of sp³-hybridized carbons (Fsp3) is 1.00.